The quantitative estimate of drug-likeness (QED) is 0.181. The van der Waals surface area contributed by atoms with Crippen LogP contribution in [0.1, 0.15) is 0 Å². The molecule has 0 amide bonds. The average Bonchev–Trinajstić information content (AvgIpc) is 3.57. The van der Waals surface area contributed by atoms with Crippen molar-refractivity contribution in [3.63, 3.8) is 0 Å². The second kappa shape index (κ2) is 12.4. The minimum absolute atomic E-state index is 0.646. The monoisotopic (exact) mass is 643 g/mol. The van der Waals surface area contributed by atoms with Gasteiger partial charge in [0.2, 0.25) is 0 Å². The van der Waals surface area contributed by atoms with Crippen molar-refractivity contribution in [2.75, 3.05) is 0 Å². The van der Waals surface area contributed by atoms with E-state index in [1.165, 1.54) is 36.9 Å². The van der Waals surface area contributed by atoms with Crippen LogP contribution >= 0.6 is 11.3 Å². The molecule has 7 aromatic carbocycles. The van der Waals surface area contributed by atoms with E-state index >= 15 is 0 Å². The Bertz CT molecular complexity index is 2580. The van der Waals surface area contributed by atoms with Gasteiger partial charge < -0.3 is 0 Å². The van der Waals surface area contributed by atoms with Crippen LogP contribution in [-0.4, -0.2) is 15.0 Å². The van der Waals surface area contributed by atoms with Gasteiger partial charge in [0.05, 0.1) is 0 Å². The summed E-state index contributed by atoms with van der Waals surface area (Å²) in [7, 11) is 0. The third-order valence-corrected chi connectivity index (χ3v) is 10.1. The van der Waals surface area contributed by atoms with Gasteiger partial charge in [-0.15, -0.1) is 11.3 Å². The van der Waals surface area contributed by atoms with E-state index in [1.807, 2.05) is 23.5 Å². The van der Waals surface area contributed by atoms with Crippen LogP contribution in [0.4, 0.5) is 0 Å². The fraction of sp³-hybridized carbons (Fsp3) is 0. The maximum atomic E-state index is 5.18. The Morgan fingerprint density at radius 1 is 0.306 bits per heavy atom. The molecule has 0 unspecified atom stereocenters. The zero-order valence-electron chi connectivity index (χ0n) is 26.5. The van der Waals surface area contributed by atoms with Crippen molar-refractivity contribution >= 4 is 31.5 Å². The van der Waals surface area contributed by atoms with Crippen LogP contribution in [0, 0.1) is 0 Å². The van der Waals surface area contributed by atoms with Gasteiger partial charge in [-0.2, -0.15) is 0 Å². The first-order valence-corrected chi connectivity index (χ1v) is 17.2. The van der Waals surface area contributed by atoms with Crippen molar-refractivity contribution in [3.05, 3.63) is 176 Å². The molecule has 0 spiro atoms. The van der Waals surface area contributed by atoms with Gasteiger partial charge in [-0.05, 0) is 51.6 Å². The molecule has 2 aromatic heterocycles. The van der Waals surface area contributed by atoms with Crippen molar-refractivity contribution in [1.82, 2.24) is 15.0 Å². The summed E-state index contributed by atoms with van der Waals surface area (Å²) in [6.07, 6.45) is 0. The zero-order chi connectivity index (χ0) is 32.6. The van der Waals surface area contributed by atoms with Crippen molar-refractivity contribution in [1.29, 1.82) is 0 Å². The molecule has 0 atom stereocenters. The van der Waals surface area contributed by atoms with E-state index < -0.39 is 0 Å². The molecule has 0 aliphatic heterocycles. The Hall–Kier alpha value is -6.23. The fourth-order valence-electron chi connectivity index (χ4n) is 6.49. The first-order chi connectivity index (χ1) is 24.3. The Kier molecular flexibility index (Phi) is 7.34. The highest BCUT2D eigenvalue weighted by Gasteiger charge is 2.18. The number of fused-ring (bicyclic) bond motifs is 3. The molecule has 230 valence electrons. The molecule has 0 bridgehead atoms. The maximum absolute atomic E-state index is 5.18. The Balaban J connectivity index is 1.21. The number of hydrogen-bond acceptors (Lipinski definition) is 4. The summed E-state index contributed by atoms with van der Waals surface area (Å²) in [6, 6.07) is 61.6. The molecular weight excluding hydrogens is 615 g/mol. The summed E-state index contributed by atoms with van der Waals surface area (Å²) >= 11 is 1.81. The molecule has 2 heterocycles. The number of rotatable bonds is 6. The highest BCUT2D eigenvalue weighted by molar-refractivity contribution is 7.26. The third-order valence-electron chi connectivity index (χ3n) is 8.96. The molecule has 9 aromatic rings. The van der Waals surface area contributed by atoms with E-state index in [0.29, 0.717) is 17.5 Å². The van der Waals surface area contributed by atoms with Gasteiger partial charge in [-0.25, -0.2) is 15.0 Å². The minimum Gasteiger partial charge on any atom is -0.208 e. The van der Waals surface area contributed by atoms with E-state index in [-0.39, 0.29) is 0 Å². The van der Waals surface area contributed by atoms with Gasteiger partial charge in [0.25, 0.3) is 0 Å². The van der Waals surface area contributed by atoms with Gasteiger partial charge in [0, 0.05) is 36.9 Å². The smallest absolute Gasteiger partial charge is 0.164 e. The first-order valence-electron chi connectivity index (χ1n) is 16.4. The van der Waals surface area contributed by atoms with Crippen LogP contribution in [0.15, 0.2) is 176 Å². The predicted molar refractivity (Wildman–Crippen MR) is 205 cm³/mol. The van der Waals surface area contributed by atoms with E-state index in [4.69, 9.17) is 15.0 Å². The lowest BCUT2D eigenvalue weighted by atomic mass is 10.0. The summed E-state index contributed by atoms with van der Waals surface area (Å²) < 4.78 is 2.45. The van der Waals surface area contributed by atoms with Crippen LogP contribution in [0.3, 0.4) is 0 Å². The highest BCUT2D eigenvalue weighted by atomic mass is 32.1. The highest BCUT2D eigenvalue weighted by Crippen LogP contribution is 2.41. The van der Waals surface area contributed by atoms with Crippen molar-refractivity contribution in [2.24, 2.45) is 0 Å². The summed E-state index contributed by atoms with van der Waals surface area (Å²) in [5.41, 5.74) is 9.91. The van der Waals surface area contributed by atoms with E-state index in [2.05, 4.69) is 164 Å². The molecule has 0 aliphatic rings. The third kappa shape index (κ3) is 5.58. The summed E-state index contributed by atoms with van der Waals surface area (Å²) in [6.45, 7) is 0. The van der Waals surface area contributed by atoms with Crippen LogP contribution in [0.2, 0.25) is 0 Å². The van der Waals surface area contributed by atoms with Crippen molar-refractivity contribution < 1.29 is 0 Å². The molecule has 4 heteroatoms. The molecule has 9 rings (SSSR count). The molecule has 3 nitrogen and oxygen atoms in total. The van der Waals surface area contributed by atoms with Crippen LogP contribution < -0.4 is 0 Å². The first kappa shape index (κ1) is 29.0. The number of thiophene rings is 1. The Morgan fingerprint density at radius 2 is 0.776 bits per heavy atom. The Labute approximate surface area is 288 Å². The summed E-state index contributed by atoms with van der Waals surface area (Å²) in [5.74, 6) is 1.95. The van der Waals surface area contributed by atoms with E-state index in [0.717, 1.165) is 33.4 Å². The lowest BCUT2D eigenvalue weighted by molar-refractivity contribution is 1.08. The number of benzene rings is 7. The molecular formula is C45H29N3S. The number of nitrogens with zero attached hydrogens (tertiary/aromatic N) is 3. The van der Waals surface area contributed by atoms with Gasteiger partial charge in [-0.1, -0.05) is 158 Å². The van der Waals surface area contributed by atoms with Crippen LogP contribution in [-0.2, 0) is 0 Å². The fourth-order valence-corrected chi connectivity index (χ4v) is 7.66. The molecule has 0 fully saturated rings. The zero-order valence-corrected chi connectivity index (χ0v) is 27.3. The van der Waals surface area contributed by atoms with E-state index in [9.17, 15) is 0 Å². The lowest BCUT2D eigenvalue weighted by Gasteiger charge is -2.11. The number of hydrogen-bond donors (Lipinski definition) is 0. The van der Waals surface area contributed by atoms with Crippen LogP contribution in [0.5, 0.6) is 0 Å². The molecule has 0 saturated heterocycles. The topological polar surface area (TPSA) is 38.7 Å². The van der Waals surface area contributed by atoms with Gasteiger partial charge in [0.1, 0.15) is 0 Å². The molecule has 0 N–H and O–H groups in total. The van der Waals surface area contributed by atoms with Gasteiger partial charge in [-0.3, -0.25) is 0 Å². The average molecular weight is 644 g/mol. The van der Waals surface area contributed by atoms with Crippen molar-refractivity contribution in [2.45, 2.75) is 0 Å². The summed E-state index contributed by atoms with van der Waals surface area (Å²) in [4.78, 5) is 15.4. The van der Waals surface area contributed by atoms with Gasteiger partial charge >= 0.3 is 0 Å². The normalized spacial score (nSPS) is 11.3. The summed E-state index contributed by atoms with van der Waals surface area (Å²) in [5, 5.41) is 2.37. The number of aromatic nitrogens is 3. The molecule has 0 aliphatic carbocycles. The second-order valence-electron chi connectivity index (χ2n) is 12.1. The largest absolute Gasteiger partial charge is 0.208 e. The SMILES string of the molecule is c1ccc(-c2ccc(-c3nc(-c4cccc(-c5ccccc5)c4)nc(-c4cccc5sc6cc(-c7ccccc7)ccc6c45)n3)cc2)cc1. The Morgan fingerprint density at radius 3 is 1.45 bits per heavy atom. The second-order valence-corrected chi connectivity index (χ2v) is 13.1. The molecule has 0 saturated carbocycles. The van der Waals surface area contributed by atoms with Crippen LogP contribution in [0.25, 0.3) is 87.7 Å². The lowest BCUT2D eigenvalue weighted by Crippen LogP contribution is -2.00. The van der Waals surface area contributed by atoms with E-state index in [1.54, 1.807) is 0 Å². The minimum atomic E-state index is 0.646. The molecule has 0 radical (unpaired) electrons. The van der Waals surface area contributed by atoms with Crippen molar-refractivity contribution in [3.8, 4) is 67.5 Å². The maximum Gasteiger partial charge on any atom is 0.164 e. The van der Waals surface area contributed by atoms with Gasteiger partial charge in [0.15, 0.2) is 17.5 Å². The molecule has 49 heavy (non-hydrogen) atoms. The predicted octanol–water partition coefficient (Wildman–Crippen LogP) is 12.2. The standard InChI is InChI=1S/C45H29N3S/c1-4-12-30(13-5-1)33-22-24-34(25-23-33)43-46-44(37-19-10-18-35(28-37)31-14-6-2-7-15-31)48-45(47-43)39-20-11-21-40-42(39)38-27-26-36(29-41(38)49-40)32-16-8-3-9-17-32/h1-29H.